The molecule has 100 valence electrons. The third kappa shape index (κ3) is 2.99. The maximum Gasteiger partial charge on any atom is 0.263 e. The second-order valence-electron chi connectivity index (χ2n) is 3.89. The molecule has 0 fully saturated rings. The highest BCUT2D eigenvalue weighted by Gasteiger charge is 2.13. The van der Waals surface area contributed by atoms with Crippen LogP contribution < -0.4 is 4.74 Å². The average molecular weight is 303 g/mol. The van der Waals surface area contributed by atoms with Crippen LogP contribution in [0, 0.1) is 0 Å². The van der Waals surface area contributed by atoms with Crippen LogP contribution in [0.3, 0.4) is 0 Å². The Balaban J connectivity index is 2.58. The molecule has 0 saturated heterocycles. The number of halogens is 4. The van der Waals surface area contributed by atoms with Crippen molar-refractivity contribution in [2.45, 2.75) is 6.43 Å². The Bertz CT molecular complexity index is 600. The van der Waals surface area contributed by atoms with Gasteiger partial charge in [-0.1, -0.05) is 29.3 Å². The van der Waals surface area contributed by atoms with Crippen molar-refractivity contribution in [1.29, 1.82) is 0 Å². The predicted molar refractivity (Wildman–Crippen MR) is 73.4 cm³/mol. The second kappa shape index (κ2) is 5.76. The third-order valence-corrected chi connectivity index (χ3v) is 3.45. The lowest BCUT2D eigenvalue weighted by molar-refractivity contribution is 0.151. The largest absolute Gasteiger partial charge is 0.496 e. The van der Waals surface area contributed by atoms with E-state index in [0.717, 1.165) is 0 Å². The fourth-order valence-corrected chi connectivity index (χ4v) is 2.05. The number of benzene rings is 2. The van der Waals surface area contributed by atoms with Gasteiger partial charge in [0.05, 0.1) is 17.2 Å². The maximum absolute atomic E-state index is 12.8. The molecule has 0 amide bonds. The molecule has 0 spiro atoms. The third-order valence-electron chi connectivity index (χ3n) is 2.71. The molecule has 0 saturated carbocycles. The Morgan fingerprint density at radius 2 is 1.74 bits per heavy atom. The van der Waals surface area contributed by atoms with Crippen LogP contribution >= 0.6 is 23.2 Å². The van der Waals surface area contributed by atoms with Crippen molar-refractivity contribution in [3.63, 3.8) is 0 Å². The summed E-state index contributed by atoms with van der Waals surface area (Å²) in [5.41, 5.74) is 1.16. The predicted octanol–water partition coefficient (Wildman–Crippen LogP) is 5.61. The van der Waals surface area contributed by atoms with E-state index < -0.39 is 6.43 Å². The molecule has 0 aliphatic heterocycles. The Labute approximate surface area is 119 Å². The first-order valence-electron chi connectivity index (χ1n) is 5.44. The van der Waals surface area contributed by atoms with Crippen LogP contribution in [0.1, 0.15) is 12.0 Å². The Kier molecular flexibility index (Phi) is 4.27. The number of hydrogen-bond acceptors (Lipinski definition) is 1. The first kappa shape index (κ1) is 14.1. The summed E-state index contributed by atoms with van der Waals surface area (Å²) in [4.78, 5) is 0. The average Bonchev–Trinajstić information content (AvgIpc) is 2.41. The van der Waals surface area contributed by atoms with E-state index in [-0.39, 0.29) is 5.56 Å². The van der Waals surface area contributed by atoms with Gasteiger partial charge in [0.1, 0.15) is 5.75 Å². The van der Waals surface area contributed by atoms with Crippen LogP contribution in [0.5, 0.6) is 5.75 Å². The van der Waals surface area contributed by atoms with Crippen LogP contribution in [0.4, 0.5) is 8.78 Å². The Hall–Kier alpha value is -1.32. The first-order chi connectivity index (χ1) is 9.02. The van der Waals surface area contributed by atoms with Gasteiger partial charge in [0.2, 0.25) is 0 Å². The molecular weight excluding hydrogens is 293 g/mol. The van der Waals surface area contributed by atoms with Gasteiger partial charge >= 0.3 is 0 Å². The lowest BCUT2D eigenvalue weighted by Crippen LogP contribution is -1.91. The van der Waals surface area contributed by atoms with Crippen molar-refractivity contribution in [3.05, 3.63) is 52.0 Å². The van der Waals surface area contributed by atoms with Crippen LogP contribution in [0.2, 0.25) is 10.0 Å². The monoisotopic (exact) mass is 302 g/mol. The summed E-state index contributed by atoms with van der Waals surface area (Å²) in [7, 11) is 1.48. The fraction of sp³-hybridized carbons (Fsp3) is 0.143. The van der Waals surface area contributed by atoms with Crippen LogP contribution in [0.15, 0.2) is 36.4 Å². The Morgan fingerprint density at radius 1 is 1.00 bits per heavy atom. The minimum atomic E-state index is -2.53. The van der Waals surface area contributed by atoms with E-state index in [9.17, 15) is 8.78 Å². The lowest BCUT2D eigenvalue weighted by Gasteiger charge is -2.11. The molecule has 0 aromatic heterocycles. The highest BCUT2D eigenvalue weighted by Crippen LogP contribution is 2.36. The zero-order chi connectivity index (χ0) is 14.0. The minimum Gasteiger partial charge on any atom is -0.496 e. The van der Waals surface area contributed by atoms with E-state index in [1.165, 1.54) is 25.3 Å². The topological polar surface area (TPSA) is 9.23 Å². The molecule has 0 unspecified atom stereocenters. The number of alkyl halides is 2. The molecule has 0 N–H and O–H groups in total. The first-order valence-corrected chi connectivity index (χ1v) is 6.20. The van der Waals surface area contributed by atoms with Crippen LogP contribution in [0.25, 0.3) is 11.1 Å². The van der Waals surface area contributed by atoms with Gasteiger partial charge < -0.3 is 4.74 Å². The van der Waals surface area contributed by atoms with Crippen molar-refractivity contribution in [2.24, 2.45) is 0 Å². The summed E-state index contributed by atoms with van der Waals surface area (Å²) in [6.07, 6.45) is -2.53. The summed E-state index contributed by atoms with van der Waals surface area (Å²) in [5, 5.41) is 0.776. The van der Waals surface area contributed by atoms with Gasteiger partial charge in [0.15, 0.2) is 0 Å². The number of hydrogen-bond donors (Lipinski definition) is 0. The zero-order valence-electron chi connectivity index (χ0n) is 9.96. The number of methoxy groups -OCH3 is 1. The van der Waals surface area contributed by atoms with Gasteiger partial charge in [-0.05, 0) is 35.9 Å². The van der Waals surface area contributed by atoms with E-state index >= 15 is 0 Å². The van der Waals surface area contributed by atoms with Crippen molar-refractivity contribution in [3.8, 4) is 16.9 Å². The highest BCUT2D eigenvalue weighted by atomic mass is 35.5. The summed E-state index contributed by atoms with van der Waals surface area (Å²) in [5.74, 6) is 0.503. The zero-order valence-corrected chi connectivity index (χ0v) is 11.5. The molecular formula is C14H10Cl2F2O. The van der Waals surface area contributed by atoms with Gasteiger partial charge in [-0.25, -0.2) is 8.78 Å². The number of ether oxygens (including phenoxy) is 1. The van der Waals surface area contributed by atoms with E-state index in [4.69, 9.17) is 27.9 Å². The highest BCUT2D eigenvalue weighted by molar-refractivity contribution is 6.42. The Morgan fingerprint density at radius 3 is 2.32 bits per heavy atom. The van der Waals surface area contributed by atoms with Gasteiger partial charge in [0, 0.05) is 11.1 Å². The van der Waals surface area contributed by atoms with E-state index in [0.29, 0.717) is 26.9 Å². The molecule has 2 rings (SSSR count). The molecule has 0 aliphatic carbocycles. The standard InChI is InChI=1S/C14H10Cl2F2O/c1-19-13-5-3-9(14(17)18)6-10(13)8-2-4-11(15)12(16)7-8/h2-7,14H,1H3. The summed E-state index contributed by atoms with van der Waals surface area (Å²) in [6, 6.07) is 9.19. The quantitative estimate of drug-likeness (QED) is 0.716. The van der Waals surface area contributed by atoms with Crippen molar-refractivity contribution in [1.82, 2.24) is 0 Å². The van der Waals surface area contributed by atoms with Gasteiger partial charge in [-0.2, -0.15) is 0 Å². The molecule has 19 heavy (non-hydrogen) atoms. The lowest BCUT2D eigenvalue weighted by atomic mass is 10.0. The van der Waals surface area contributed by atoms with Crippen molar-refractivity contribution >= 4 is 23.2 Å². The summed E-state index contributed by atoms with van der Waals surface area (Å²) >= 11 is 11.8. The van der Waals surface area contributed by atoms with Crippen molar-refractivity contribution < 1.29 is 13.5 Å². The minimum absolute atomic E-state index is 0.0677. The van der Waals surface area contributed by atoms with Gasteiger partial charge in [-0.15, -0.1) is 0 Å². The fourth-order valence-electron chi connectivity index (χ4n) is 1.75. The van der Waals surface area contributed by atoms with Crippen LogP contribution in [-0.2, 0) is 0 Å². The van der Waals surface area contributed by atoms with Gasteiger partial charge in [0.25, 0.3) is 6.43 Å². The summed E-state index contributed by atoms with van der Waals surface area (Å²) < 4.78 is 30.7. The normalized spacial score (nSPS) is 10.8. The van der Waals surface area contributed by atoms with Gasteiger partial charge in [-0.3, -0.25) is 0 Å². The van der Waals surface area contributed by atoms with E-state index in [2.05, 4.69) is 0 Å². The maximum atomic E-state index is 12.8. The summed E-state index contributed by atoms with van der Waals surface area (Å²) in [6.45, 7) is 0. The van der Waals surface area contributed by atoms with Crippen LogP contribution in [-0.4, -0.2) is 7.11 Å². The molecule has 2 aromatic rings. The molecule has 0 atom stereocenters. The molecule has 1 nitrogen and oxygen atoms in total. The SMILES string of the molecule is COc1ccc(C(F)F)cc1-c1ccc(Cl)c(Cl)c1. The smallest absolute Gasteiger partial charge is 0.263 e. The van der Waals surface area contributed by atoms with Crippen molar-refractivity contribution in [2.75, 3.05) is 7.11 Å². The van der Waals surface area contributed by atoms with E-state index in [1.807, 2.05) is 0 Å². The second-order valence-corrected chi connectivity index (χ2v) is 4.70. The molecule has 0 aliphatic rings. The molecule has 0 bridgehead atoms. The van der Waals surface area contributed by atoms with E-state index in [1.54, 1.807) is 18.2 Å². The number of rotatable bonds is 3. The molecule has 5 heteroatoms. The molecule has 2 aromatic carbocycles. The molecule has 0 heterocycles. The molecule has 0 radical (unpaired) electrons.